The van der Waals surface area contributed by atoms with Crippen LogP contribution in [-0.4, -0.2) is 24.8 Å². The maximum Gasteiger partial charge on any atom is 0.315 e. The van der Waals surface area contributed by atoms with Crippen molar-refractivity contribution in [3.8, 4) is 0 Å². The zero-order valence-electron chi connectivity index (χ0n) is 12.5. The molecule has 0 aromatic heterocycles. The summed E-state index contributed by atoms with van der Waals surface area (Å²) in [6.45, 7) is 2.83. The number of carbonyl (C=O) groups excluding carboxylic acids is 1. The van der Waals surface area contributed by atoms with Crippen LogP contribution in [0.2, 0.25) is 0 Å². The van der Waals surface area contributed by atoms with Crippen LogP contribution in [0.1, 0.15) is 44.2 Å². The maximum atomic E-state index is 12.2. The number of carbonyl (C=O) groups is 1. The molecule has 1 aliphatic heterocycles. The molecule has 1 saturated heterocycles. The van der Waals surface area contributed by atoms with E-state index in [9.17, 15) is 4.79 Å². The molecule has 1 saturated carbocycles. The first-order chi connectivity index (χ1) is 10.2. The second-order valence-electron chi connectivity index (χ2n) is 6.18. The van der Waals surface area contributed by atoms with Gasteiger partial charge < -0.3 is 15.4 Å². The molecular weight excluding hydrogens is 264 g/mol. The van der Waals surface area contributed by atoms with Crippen LogP contribution < -0.4 is 10.6 Å². The minimum Gasteiger partial charge on any atom is -0.376 e. The molecule has 1 heterocycles. The Hall–Kier alpha value is -1.55. The minimum absolute atomic E-state index is 0.0585. The highest BCUT2D eigenvalue weighted by atomic mass is 16.5. The number of nitrogens with one attached hydrogen (secondary N) is 2. The quantitative estimate of drug-likeness (QED) is 0.875. The predicted molar refractivity (Wildman–Crippen MR) is 82.0 cm³/mol. The third-order valence-corrected chi connectivity index (χ3v) is 4.42. The first-order valence-electron chi connectivity index (χ1n) is 7.97. The average molecular weight is 288 g/mol. The summed E-state index contributed by atoms with van der Waals surface area (Å²) < 4.78 is 5.62. The highest BCUT2D eigenvalue weighted by molar-refractivity contribution is 5.75. The molecular formula is C17H24N2O2. The zero-order chi connectivity index (χ0) is 14.7. The van der Waals surface area contributed by atoms with Crippen LogP contribution in [-0.2, 0) is 4.74 Å². The molecule has 1 aromatic rings. The normalized spacial score (nSPS) is 24.3. The second-order valence-corrected chi connectivity index (χ2v) is 6.18. The Kier molecular flexibility index (Phi) is 4.44. The molecule has 2 N–H and O–H groups in total. The van der Waals surface area contributed by atoms with Crippen molar-refractivity contribution in [1.29, 1.82) is 0 Å². The van der Waals surface area contributed by atoms with Crippen molar-refractivity contribution >= 4 is 6.03 Å². The molecule has 0 unspecified atom stereocenters. The minimum atomic E-state index is -0.0845. The summed E-state index contributed by atoms with van der Waals surface area (Å²) in [6, 6.07) is 10.3. The van der Waals surface area contributed by atoms with Gasteiger partial charge in [0.1, 0.15) is 0 Å². The molecule has 1 aromatic carbocycles. The van der Waals surface area contributed by atoms with E-state index in [1.54, 1.807) is 0 Å². The number of hydrogen-bond acceptors (Lipinski definition) is 2. The van der Waals surface area contributed by atoms with Crippen LogP contribution in [0.3, 0.4) is 0 Å². The van der Waals surface area contributed by atoms with Gasteiger partial charge in [0.05, 0.1) is 18.2 Å². The van der Waals surface area contributed by atoms with E-state index in [0.29, 0.717) is 5.92 Å². The molecule has 3 rings (SSSR count). The second kappa shape index (κ2) is 6.48. The van der Waals surface area contributed by atoms with Gasteiger partial charge in [-0.1, -0.05) is 30.3 Å². The zero-order valence-corrected chi connectivity index (χ0v) is 12.5. The van der Waals surface area contributed by atoms with E-state index in [1.807, 2.05) is 25.1 Å². The third-order valence-electron chi connectivity index (χ3n) is 4.42. The third kappa shape index (κ3) is 3.76. The number of urea groups is 1. The van der Waals surface area contributed by atoms with Crippen molar-refractivity contribution in [2.24, 2.45) is 5.92 Å². The Morgan fingerprint density at radius 2 is 1.95 bits per heavy atom. The number of ether oxygens (including phenoxy) is 1. The molecule has 2 fully saturated rings. The van der Waals surface area contributed by atoms with Gasteiger partial charge in [-0.15, -0.1) is 0 Å². The first kappa shape index (κ1) is 14.4. The maximum absolute atomic E-state index is 12.2. The number of amides is 2. The summed E-state index contributed by atoms with van der Waals surface area (Å²) in [5.74, 6) is 0.580. The first-order valence-corrected chi connectivity index (χ1v) is 7.97. The molecule has 4 nitrogen and oxygen atoms in total. The summed E-state index contributed by atoms with van der Waals surface area (Å²) in [5, 5.41) is 6.17. The van der Waals surface area contributed by atoms with Crippen LogP contribution in [0.25, 0.3) is 0 Å². The Balaban J connectivity index is 1.57. The lowest BCUT2D eigenvalue weighted by Crippen LogP contribution is -2.47. The average Bonchev–Trinajstić information content (AvgIpc) is 3.18. The lowest BCUT2D eigenvalue weighted by atomic mass is 10.0. The van der Waals surface area contributed by atoms with Crippen molar-refractivity contribution in [2.45, 2.75) is 50.8 Å². The smallest absolute Gasteiger partial charge is 0.315 e. The van der Waals surface area contributed by atoms with E-state index in [4.69, 9.17) is 4.74 Å². The van der Waals surface area contributed by atoms with Crippen molar-refractivity contribution < 1.29 is 9.53 Å². The monoisotopic (exact) mass is 288 g/mol. The number of hydrogen-bond donors (Lipinski definition) is 2. The molecule has 3 atom stereocenters. The number of rotatable bonds is 5. The molecule has 1 aliphatic carbocycles. The van der Waals surface area contributed by atoms with Gasteiger partial charge in [0, 0.05) is 6.61 Å². The highest BCUT2D eigenvalue weighted by Gasteiger charge is 2.34. The molecule has 0 radical (unpaired) electrons. The Labute approximate surface area is 126 Å². The van der Waals surface area contributed by atoms with E-state index in [0.717, 1.165) is 19.4 Å². The van der Waals surface area contributed by atoms with Crippen LogP contribution >= 0.6 is 0 Å². The molecule has 0 bridgehead atoms. The van der Waals surface area contributed by atoms with Crippen LogP contribution in [0.5, 0.6) is 0 Å². The predicted octanol–water partition coefficient (Wildman–Crippen LogP) is 3.00. The van der Waals surface area contributed by atoms with Gasteiger partial charge in [0.15, 0.2) is 0 Å². The fourth-order valence-corrected chi connectivity index (χ4v) is 3.04. The van der Waals surface area contributed by atoms with Crippen molar-refractivity contribution in [3.63, 3.8) is 0 Å². The van der Waals surface area contributed by atoms with Crippen molar-refractivity contribution in [1.82, 2.24) is 10.6 Å². The summed E-state index contributed by atoms with van der Waals surface area (Å²) in [6.07, 6.45) is 4.67. The van der Waals surface area contributed by atoms with Gasteiger partial charge in [-0.2, -0.15) is 0 Å². The van der Waals surface area contributed by atoms with E-state index in [1.165, 1.54) is 18.4 Å². The Morgan fingerprint density at radius 1 is 1.19 bits per heavy atom. The van der Waals surface area contributed by atoms with Gasteiger partial charge >= 0.3 is 6.03 Å². The molecule has 114 valence electrons. The van der Waals surface area contributed by atoms with Gasteiger partial charge in [-0.3, -0.25) is 0 Å². The van der Waals surface area contributed by atoms with Crippen LogP contribution in [0.4, 0.5) is 4.79 Å². The van der Waals surface area contributed by atoms with Crippen molar-refractivity contribution in [3.05, 3.63) is 35.9 Å². The van der Waals surface area contributed by atoms with Crippen molar-refractivity contribution in [2.75, 3.05) is 6.61 Å². The molecule has 4 heteroatoms. The van der Waals surface area contributed by atoms with E-state index >= 15 is 0 Å². The molecule has 0 spiro atoms. The fraction of sp³-hybridized carbons (Fsp3) is 0.588. The number of benzene rings is 1. The lowest BCUT2D eigenvalue weighted by molar-refractivity contribution is 0.0858. The summed E-state index contributed by atoms with van der Waals surface area (Å²) >= 11 is 0. The highest BCUT2D eigenvalue weighted by Crippen LogP contribution is 2.40. The standard InChI is InChI=1S/C17H24N2O2/c1-12(15-8-5-11-21-15)18-17(20)19-16(14-9-10-14)13-6-3-2-4-7-13/h2-4,6-7,12,14-16H,5,8-11H2,1H3,(H2,18,19,20)/t12-,15+,16-/m0/s1. The van der Waals surface area contributed by atoms with E-state index in [-0.39, 0.29) is 24.2 Å². The van der Waals surface area contributed by atoms with Crippen LogP contribution in [0, 0.1) is 5.92 Å². The van der Waals surface area contributed by atoms with Gasteiger partial charge in [-0.25, -0.2) is 4.79 Å². The van der Waals surface area contributed by atoms with E-state index < -0.39 is 0 Å². The Bertz CT molecular complexity index is 467. The van der Waals surface area contributed by atoms with Crippen LogP contribution in [0.15, 0.2) is 30.3 Å². The lowest BCUT2D eigenvalue weighted by Gasteiger charge is -2.23. The van der Waals surface area contributed by atoms with Gasteiger partial charge in [0.25, 0.3) is 0 Å². The molecule has 2 aliphatic rings. The molecule has 2 amide bonds. The van der Waals surface area contributed by atoms with Gasteiger partial charge in [-0.05, 0) is 44.1 Å². The summed E-state index contributed by atoms with van der Waals surface area (Å²) in [5.41, 5.74) is 1.19. The fourth-order valence-electron chi connectivity index (χ4n) is 3.04. The van der Waals surface area contributed by atoms with Gasteiger partial charge in [0.2, 0.25) is 0 Å². The van der Waals surface area contributed by atoms with E-state index in [2.05, 4.69) is 22.8 Å². The molecule has 21 heavy (non-hydrogen) atoms. The summed E-state index contributed by atoms with van der Waals surface area (Å²) in [7, 11) is 0. The SMILES string of the molecule is C[C@H](NC(=O)N[C@@H](c1ccccc1)C1CC1)[C@H]1CCCO1. The summed E-state index contributed by atoms with van der Waals surface area (Å²) in [4.78, 5) is 12.2. The Morgan fingerprint density at radius 3 is 2.57 bits per heavy atom. The topological polar surface area (TPSA) is 50.4 Å². The largest absolute Gasteiger partial charge is 0.376 e.